The molecule has 21 heavy (non-hydrogen) atoms. The first kappa shape index (κ1) is 15.8. The van der Waals surface area contributed by atoms with Crippen molar-refractivity contribution in [1.82, 2.24) is 15.4 Å². The van der Waals surface area contributed by atoms with E-state index < -0.39 is 5.92 Å². The van der Waals surface area contributed by atoms with Gasteiger partial charge in [-0.15, -0.1) is 0 Å². The highest BCUT2D eigenvalue weighted by atomic mass is 19.3. The van der Waals surface area contributed by atoms with Crippen molar-refractivity contribution in [1.29, 1.82) is 0 Å². The van der Waals surface area contributed by atoms with Crippen LogP contribution in [0, 0.1) is 5.92 Å². The second kappa shape index (κ2) is 6.48. The summed E-state index contributed by atoms with van der Waals surface area (Å²) in [5.74, 6) is 3.60. The van der Waals surface area contributed by atoms with Crippen molar-refractivity contribution < 1.29 is 18.3 Å². The van der Waals surface area contributed by atoms with Crippen LogP contribution < -0.4 is 20.7 Å². The van der Waals surface area contributed by atoms with Crippen LogP contribution in [0.4, 0.5) is 8.78 Å². The summed E-state index contributed by atoms with van der Waals surface area (Å²) >= 11 is 0. The van der Waals surface area contributed by atoms with Crippen LogP contribution in [0.2, 0.25) is 0 Å². The lowest BCUT2D eigenvalue weighted by Crippen LogP contribution is -2.38. The number of aromatic nitrogens is 2. The molecule has 0 spiro atoms. The first-order valence-corrected chi connectivity index (χ1v) is 6.79. The van der Waals surface area contributed by atoms with Gasteiger partial charge in [-0.2, -0.15) is 4.98 Å². The minimum atomic E-state index is -2.58. The number of ether oxygens (including phenoxy) is 2. The second-order valence-corrected chi connectivity index (χ2v) is 5.14. The summed E-state index contributed by atoms with van der Waals surface area (Å²) in [4.78, 5) is 8.41. The molecule has 0 bridgehead atoms. The van der Waals surface area contributed by atoms with Gasteiger partial charge in [0.25, 0.3) is 0 Å². The highest BCUT2D eigenvalue weighted by Crippen LogP contribution is 2.42. The molecule has 1 saturated carbocycles. The number of nitrogens with zero attached hydrogens (tertiary/aromatic N) is 2. The van der Waals surface area contributed by atoms with Crippen LogP contribution >= 0.6 is 0 Å². The quantitative estimate of drug-likeness (QED) is 0.638. The predicted molar refractivity (Wildman–Crippen MR) is 72.1 cm³/mol. The summed E-state index contributed by atoms with van der Waals surface area (Å²) in [6.45, 7) is 0. The van der Waals surface area contributed by atoms with Gasteiger partial charge in [-0.1, -0.05) is 0 Å². The van der Waals surface area contributed by atoms with E-state index in [1.54, 1.807) is 0 Å². The van der Waals surface area contributed by atoms with E-state index >= 15 is 0 Å². The van der Waals surface area contributed by atoms with Crippen LogP contribution in [0.25, 0.3) is 0 Å². The van der Waals surface area contributed by atoms with E-state index in [-0.39, 0.29) is 30.7 Å². The molecule has 0 amide bonds. The molecule has 0 aliphatic heterocycles. The van der Waals surface area contributed by atoms with Gasteiger partial charge in [0.1, 0.15) is 5.69 Å². The number of hydrogen-bond donors (Lipinski definition) is 2. The third-order valence-electron chi connectivity index (χ3n) is 3.85. The third kappa shape index (κ3) is 3.56. The molecule has 8 heteroatoms. The normalized spacial score (nSPS) is 20.0. The van der Waals surface area contributed by atoms with Crippen LogP contribution in [-0.2, 0) is 0 Å². The van der Waals surface area contributed by atoms with Crippen molar-refractivity contribution in [3.05, 3.63) is 11.9 Å². The first-order chi connectivity index (χ1) is 10.0. The molecule has 0 aromatic carbocycles. The second-order valence-electron chi connectivity index (χ2n) is 5.14. The van der Waals surface area contributed by atoms with Crippen molar-refractivity contribution in [3.8, 4) is 11.8 Å². The van der Waals surface area contributed by atoms with Gasteiger partial charge in [0.15, 0.2) is 0 Å². The maximum absolute atomic E-state index is 13.3. The molecule has 118 valence electrons. The van der Waals surface area contributed by atoms with Crippen molar-refractivity contribution in [3.63, 3.8) is 0 Å². The fourth-order valence-electron chi connectivity index (χ4n) is 2.66. The molecule has 2 rings (SSSR count). The van der Waals surface area contributed by atoms with E-state index in [1.165, 1.54) is 20.4 Å². The van der Waals surface area contributed by atoms with Crippen molar-refractivity contribution in [2.45, 2.75) is 37.6 Å². The third-order valence-corrected chi connectivity index (χ3v) is 3.85. The van der Waals surface area contributed by atoms with Crippen molar-refractivity contribution in [2.24, 2.45) is 11.8 Å². The number of hydrazine groups is 1. The molecule has 0 radical (unpaired) electrons. The van der Waals surface area contributed by atoms with Gasteiger partial charge in [-0.05, 0) is 18.8 Å². The molecular formula is C13H20F2N4O2. The molecular weight excluding hydrogens is 282 g/mol. The average molecular weight is 302 g/mol. The molecule has 1 fully saturated rings. The summed E-state index contributed by atoms with van der Waals surface area (Å²) in [5.41, 5.74) is 3.17. The van der Waals surface area contributed by atoms with E-state index in [9.17, 15) is 8.78 Å². The van der Waals surface area contributed by atoms with Gasteiger partial charge in [-0.25, -0.2) is 13.8 Å². The number of methoxy groups -OCH3 is 2. The molecule has 1 heterocycles. The zero-order valence-electron chi connectivity index (χ0n) is 12.1. The number of nitrogens with two attached hydrogens (primary N) is 1. The van der Waals surface area contributed by atoms with Crippen LogP contribution in [0.3, 0.4) is 0 Å². The molecule has 1 aliphatic rings. The Kier molecular flexibility index (Phi) is 4.89. The maximum Gasteiger partial charge on any atom is 0.248 e. The Balaban J connectivity index is 2.21. The Bertz CT molecular complexity index is 477. The van der Waals surface area contributed by atoms with Gasteiger partial charge in [0.05, 0.1) is 26.5 Å². The minimum Gasteiger partial charge on any atom is -0.480 e. The Morgan fingerprint density at radius 1 is 1.33 bits per heavy atom. The van der Waals surface area contributed by atoms with Crippen molar-refractivity contribution in [2.75, 3.05) is 14.2 Å². The summed E-state index contributed by atoms with van der Waals surface area (Å²) in [6, 6.07) is -0.380. The molecule has 1 unspecified atom stereocenters. The Morgan fingerprint density at radius 3 is 2.52 bits per heavy atom. The van der Waals surface area contributed by atoms with Gasteiger partial charge >= 0.3 is 0 Å². The lowest BCUT2D eigenvalue weighted by atomic mass is 9.81. The highest BCUT2D eigenvalue weighted by Gasteiger charge is 2.39. The van der Waals surface area contributed by atoms with Crippen molar-refractivity contribution >= 4 is 0 Å². The Labute approximate surface area is 122 Å². The van der Waals surface area contributed by atoms with Gasteiger partial charge in [-0.3, -0.25) is 11.3 Å². The van der Waals surface area contributed by atoms with E-state index in [4.69, 9.17) is 15.3 Å². The van der Waals surface area contributed by atoms with E-state index in [0.717, 1.165) is 0 Å². The SMILES string of the molecule is COc1cnc(C(NN)C2CCC(F)(F)CC2)c(OC)n1. The van der Waals surface area contributed by atoms with Crippen LogP contribution in [0.5, 0.6) is 11.8 Å². The van der Waals surface area contributed by atoms with E-state index in [0.29, 0.717) is 24.4 Å². The standard InChI is InChI=1S/C13H20F2N4O2/c1-20-9-7-17-11(12(18-9)21-2)10(19-16)8-3-5-13(14,15)6-4-8/h7-8,10,19H,3-6,16H2,1-2H3. The largest absolute Gasteiger partial charge is 0.480 e. The zero-order chi connectivity index (χ0) is 15.5. The topological polar surface area (TPSA) is 82.3 Å². The number of rotatable bonds is 5. The van der Waals surface area contributed by atoms with Crippen LogP contribution in [0.1, 0.15) is 37.4 Å². The summed E-state index contributed by atoms with van der Waals surface area (Å²) < 4.78 is 36.7. The van der Waals surface area contributed by atoms with Crippen LogP contribution in [-0.4, -0.2) is 30.1 Å². The van der Waals surface area contributed by atoms with E-state index in [1.807, 2.05) is 0 Å². The molecule has 1 aromatic heterocycles. The van der Waals surface area contributed by atoms with Gasteiger partial charge < -0.3 is 9.47 Å². The molecule has 3 N–H and O–H groups in total. The maximum atomic E-state index is 13.3. The first-order valence-electron chi connectivity index (χ1n) is 6.79. The summed E-state index contributed by atoms with van der Waals surface area (Å²) in [7, 11) is 2.95. The Hall–Kier alpha value is -1.54. The number of hydrogen-bond acceptors (Lipinski definition) is 6. The fraction of sp³-hybridized carbons (Fsp3) is 0.692. The lowest BCUT2D eigenvalue weighted by molar-refractivity contribution is -0.0500. The lowest BCUT2D eigenvalue weighted by Gasteiger charge is -2.33. The minimum absolute atomic E-state index is 0.0359. The van der Waals surface area contributed by atoms with Gasteiger partial charge in [0.2, 0.25) is 17.7 Å². The summed E-state index contributed by atoms with van der Waals surface area (Å²) in [6.07, 6.45) is 1.93. The monoisotopic (exact) mass is 302 g/mol. The fourth-order valence-corrected chi connectivity index (χ4v) is 2.66. The molecule has 0 saturated heterocycles. The van der Waals surface area contributed by atoms with Gasteiger partial charge in [0, 0.05) is 12.8 Å². The predicted octanol–water partition coefficient (Wildman–Crippen LogP) is 1.82. The van der Waals surface area contributed by atoms with E-state index in [2.05, 4.69) is 15.4 Å². The molecule has 1 aliphatic carbocycles. The number of alkyl halides is 2. The number of nitrogens with one attached hydrogen (secondary N) is 1. The average Bonchev–Trinajstić information content (AvgIpc) is 2.49. The summed E-state index contributed by atoms with van der Waals surface area (Å²) in [5, 5.41) is 0. The molecule has 6 nitrogen and oxygen atoms in total. The van der Waals surface area contributed by atoms with Crippen LogP contribution in [0.15, 0.2) is 6.20 Å². The molecule has 1 aromatic rings. The zero-order valence-corrected chi connectivity index (χ0v) is 12.1. The Morgan fingerprint density at radius 2 is 2.00 bits per heavy atom. The highest BCUT2D eigenvalue weighted by molar-refractivity contribution is 5.26. The molecule has 1 atom stereocenters. The number of halogens is 2. The smallest absolute Gasteiger partial charge is 0.248 e.